The van der Waals surface area contributed by atoms with Gasteiger partial charge < -0.3 is 5.32 Å². The lowest BCUT2D eigenvalue weighted by molar-refractivity contribution is -0.115. The molecule has 0 aliphatic heterocycles. The van der Waals surface area contributed by atoms with Crippen LogP contribution in [0.25, 0.3) is 0 Å². The van der Waals surface area contributed by atoms with Crippen LogP contribution in [-0.2, 0) is 17.0 Å². The molecule has 144 valence electrons. The van der Waals surface area contributed by atoms with Crippen molar-refractivity contribution in [2.75, 3.05) is 5.32 Å². The highest BCUT2D eigenvalue weighted by Crippen LogP contribution is 2.30. The highest BCUT2D eigenvalue weighted by Gasteiger charge is 2.10. The van der Waals surface area contributed by atoms with Gasteiger partial charge in [-0.1, -0.05) is 41.0 Å². The summed E-state index contributed by atoms with van der Waals surface area (Å²) in [4.78, 5) is 28.0. The van der Waals surface area contributed by atoms with Gasteiger partial charge >= 0.3 is 0 Å². The van der Waals surface area contributed by atoms with E-state index in [0.29, 0.717) is 32.7 Å². The molecule has 1 aromatic heterocycles. The van der Waals surface area contributed by atoms with Gasteiger partial charge in [-0.3, -0.25) is 9.59 Å². The highest BCUT2D eigenvalue weighted by molar-refractivity contribution is 8.00. The van der Waals surface area contributed by atoms with E-state index in [-0.39, 0.29) is 18.1 Å². The predicted octanol–water partition coefficient (Wildman–Crippen LogP) is 6.13. The second kappa shape index (κ2) is 9.56. The van der Waals surface area contributed by atoms with E-state index in [2.05, 4.69) is 10.3 Å². The van der Waals surface area contributed by atoms with Gasteiger partial charge in [0.15, 0.2) is 5.78 Å². The Kier molecular flexibility index (Phi) is 7.13. The van der Waals surface area contributed by atoms with Crippen molar-refractivity contribution in [3.8, 4) is 0 Å². The molecule has 8 heteroatoms. The second-order valence-corrected chi connectivity index (χ2v) is 8.91. The molecule has 0 unspecified atom stereocenters. The molecule has 3 rings (SSSR count). The molecule has 2 aromatic carbocycles. The fourth-order valence-electron chi connectivity index (χ4n) is 2.37. The molecule has 0 saturated heterocycles. The van der Waals surface area contributed by atoms with Crippen molar-refractivity contribution in [2.24, 2.45) is 0 Å². The molecular formula is C20H16Cl2N2O2S2. The standard InChI is InChI=1S/C20H16Cl2N2O2S2/c1-12(25)13-3-6-16(7-4-13)23-19(26)9-17-11-28-20(24-17)27-10-14-2-5-15(21)8-18(14)22/h2-8,11H,9-10H2,1H3,(H,23,26). The van der Waals surface area contributed by atoms with Crippen LogP contribution in [-0.4, -0.2) is 16.7 Å². The molecule has 0 fully saturated rings. The Morgan fingerprint density at radius 3 is 2.57 bits per heavy atom. The summed E-state index contributed by atoms with van der Waals surface area (Å²) >= 11 is 15.2. The molecule has 4 nitrogen and oxygen atoms in total. The van der Waals surface area contributed by atoms with Crippen LogP contribution in [0.5, 0.6) is 0 Å². The summed E-state index contributed by atoms with van der Waals surface area (Å²) in [6.07, 6.45) is 0.188. The minimum Gasteiger partial charge on any atom is -0.326 e. The van der Waals surface area contributed by atoms with Crippen molar-refractivity contribution < 1.29 is 9.59 Å². The van der Waals surface area contributed by atoms with E-state index in [9.17, 15) is 9.59 Å². The number of rotatable bonds is 7. The van der Waals surface area contributed by atoms with Crippen molar-refractivity contribution in [1.29, 1.82) is 0 Å². The number of thiazole rings is 1. The summed E-state index contributed by atoms with van der Waals surface area (Å²) in [6, 6.07) is 12.2. The van der Waals surface area contributed by atoms with Gasteiger partial charge in [0.25, 0.3) is 0 Å². The minimum atomic E-state index is -0.154. The van der Waals surface area contributed by atoms with Gasteiger partial charge in [-0.05, 0) is 48.9 Å². The van der Waals surface area contributed by atoms with Gasteiger partial charge in [0.05, 0.1) is 12.1 Å². The van der Waals surface area contributed by atoms with Gasteiger partial charge in [-0.15, -0.1) is 11.3 Å². The Labute approximate surface area is 181 Å². The maximum atomic E-state index is 12.2. The second-order valence-electron chi connectivity index (χ2n) is 5.99. The summed E-state index contributed by atoms with van der Waals surface area (Å²) < 4.78 is 0.875. The molecular weight excluding hydrogens is 435 g/mol. The van der Waals surface area contributed by atoms with Crippen LogP contribution in [0.3, 0.4) is 0 Å². The summed E-state index contributed by atoms with van der Waals surface area (Å²) in [7, 11) is 0. The zero-order valence-corrected chi connectivity index (χ0v) is 18.0. The molecule has 0 spiro atoms. The van der Waals surface area contributed by atoms with Gasteiger partial charge in [0.1, 0.15) is 4.34 Å². The van der Waals surface area contributed by atoms with Crippen molar-refractivity contribution in [3.63, 3.8) is 0 Å². The normalized spacial score (nSPS) is 10.7. The predicted molar refractivity (Wildman–Crippen MR) is 117 cm³/mol. The summed E-state index contributed by atoms with van der Waals surface area (Å²) in [5.41, 5.74) is 2.96. The van der Waals surface area contributed by atoms with Crippen LogP contribution >= 0.6 is 46.3 Å². The van der Waals surface area contributed by atoms with Gasteiger partial charge in [-0.2, -0.15) is 0 Å². The lowest BCUT2D eigenvalue weighted by Gasteiger charge is -2.05. The van der Waals surface area contributed by atoms with E-state index in [1.54, 1.807) is 42.1 Å². The van der Waals surface area contributed by atoms with Crippen LogP contribution in [0, 0.1) is 0 Å². The Morgan fingerprint density at radius 1 is 1.14 bits per heavy atom. The number of anilines is 1. The maximum Gasteiger partial charge on any atom is 0.230 e. The van der Waals surface area contributed by atoms with E-state index >= 15 is 0 Å². The Bertz CT molecular complexity index is 1000. The molecule has 1 N–H and O–H groups in total. The van der Waals surface area contributed by atoms with Crippen molar-refractivity contribution in [2.45, 2.75) is 23.4 Å². The molecule has 0 radical (unpaired) electrons. The molecule has 28 heavy (non-hydrogen) atoms. The fourth-order valence-corrected chi connectivity index (χ4v) is 4.78. The van der Waals surface area contributed by atoms with Crippen molar-refractivity contribution >= 4 is 63.7 Å². The lowest BCUT2D eigenvalue weighted by atomic mass is 10.1. The van der Waals surface area contributed by atoms with E-state index in [1.165, 1.54) is 18.3 Å². The van der Waals surface area contributed by atoms with E-state index < -0.39 is 0 Å². The third-order valence-electron chi connectivity index (χ3n) is 3.81. The number of carbonyl (C=O) groups excluding carboxylic acids is 2. The number of aromatic nitrogens is 1. The number of benzene rings is 2. The molecule has 0 atom stereocenters. The summed E-state index contributed by atoms with van der Waals surface area (Å²) in [5, 5.41) is 5.93. The number of carbonyl (C=O) groups is 2. The average molecular weight is 451 g/mol. The zero-order valence-electron chi connectivity index (χ0n) is 14.9. The van der Waals surface area contributed by atoms with Crippen LogP contribution < -0.4 is 5.32 Å². The molecule has 1 amide bonds. The summed E-state index contributed by atoms with van der Waals surface area (Å²) in [6.45, 7) is 1.51. The molecule has 0 bridgehead atoms. The van der Waals surface area contributed by atoms with Crippen molar-refractivity contribution in [3.05, 3.63) is 74.7 Å². The van der Waals surface area contributed by atoms with Crippen molar-refractivity contribution in [1.82, 2.24) is 4.98 Å². The van der Waals surface area contributed by atoms with E-state index in [4.69, 9.17) is 23.2 Å². The molecule has 0 aliphatic carbocycles. The third-order valence-corrected chi connectivity index (χ3v) is 6.52. The lowest BCUT2D eigenvalue weighted by Crippen LogP contribution is -2.14. The maximum absolute atomic E-state index is 12.2. The van der Waals surface area contributed by atoms with Crippen LogP contribution in [0.1, 0.15) is 28.5 Å². The number of halogens is 2. The summed E-state index contributed by atoms with van der Waals surface area (Å²) in [5.74, 6) is 0.515. The largest absolute Gasteiger partial charge is 0.326 e. The quantitative estimate of drug-likeness (QED) is 0.347. The number of Topliss-reactive ketones (excluding diaryl/α,β-unsaturated/α-hetero) is 1. The molecule has 1 heterocycles. The van der Waals surface area contributed by atoms with Crippen LogP contribution in [0.2, 0.25) is 10.0 Å². The van der Waals surface area contributed by atoms with Crippen LogP contribution in [0.4, 0.5) is 5.69 Å². The molecule has 3 aromatic rings. The Balaban J connectivity index is 1.53. The third kappa shape index (κ3) is 5.82. The SMILES string of the molecule is CC(=O)c1ccc(NC(=O)Cc2csc(SCc3ccc(Cl)cc3Cl)n2)cc1. The first-order chi connectivity index (χ1) is 13.4. The van der Waals surface area contributed by atoms with Crippen LogP contribution in [0.15, 0.2) is 52.2 Å². The highest BCUT2D eigenvalue weighted by atomic mass is 35.5. The minimum absolute atomic E-state index is 0.00901. The molecule has 0 saturated carbocycles. The van der Waals surface area contributed by atoms with E-state index in [1.807, 2.05) is 17.5 Å². The fraction of sp³-hybridized carbons (Fsp3) is 0.150. The number of hydrogen-bond acceptors (Lipinski definition) is 5. The number of amides is 1. The van der Waals surface area contributed by atoms with Gasteiger partial charge in [0.2, 0.25) is 5.91 Å². The number of nitrogens with one attached hydrogen (secondary N) is 1. The first kappa shape index (κ1) is 20.9. The first-order valence-corrected chi connectivity index (χ1v) is 10.9. The smallest absolute Gasteiger partial charge is 0.230 e. The Hall–Kier alpha value is -1.86. The topological polar surface area (TPSA) is 59.1 Å². The number of ketones is 1. The molecule has 0 aliphatic rings. The Morgan fingerprint density at radius 2 is 1.89 bits per heavy atom. The number of hydrogen-bond donors (Lipinski definition) is 1. The number of nitrogens with zero attached hydrogens (tertiary/aromatic N) is 1. The first-order valence-electron chi connectivity index (χ1n) is 8.32. The van der Waals surface area contributed by atoms with Gasteiger partial charge in [0, 0.05) is 32.4 Å². The van der Waals surface area contributed by atoms with Gasteiger partial charge in [-0.25, -0.2) is 4.98 Å². The monoisotopic (exact) mass is 450 g/mol. The van der Waals surface area contributed by atoms with E-state index in [0.717, 1.165) is 9.90 Å². The number of thioether (sulfide) groups is 1. The average Bonchev–Trinajstić information content (AvgIpc) is 3.08. The zero-order chi connectivity index (χ0) is 20.1.